The maximum absolute atomic E-state index is 9.37. The average molecular weight is 223 g/mol. The summed E-state index contributed by atoms with van der Waals surface area (Å²) in [6.07, 6.45) is 1.93. The Morgan fingerprint density at radius 2 is 2.47 bits per heavy atom. The van der Waals surface area contributed by atoms with Gasteiger partial charge >= 0.3 is 0 Å². The van der Waals surface area contributed by atoms with E-state index in [1.807, 2.05) is 6.08 Å². The van der Waals surface area contributed by atoms with Crippen LogP contribution in [-0.4, -0.2) is 36.2 Å². The van der Waals surface area contributed by atoms with Gasteiger partial charge in [0.25, 0.3) is 0 Å². The van der Waals surface area contributed by atoms with Gasteiger partial charge in [-0.25, -0.2) is 0 Å². The van der Waals surface area contributed by atoms with E-state index in [1.54, 1.807) is 11.3 Å². The summed E-state index contributed by atoms with van der Waals surface area (Å²) in [5.41, 5.74) is 1.38. The van der Waals surface area contributed by atoms with E-state index < -0.39 is 0 Å². The third-order valence-electron chi connectivity index (χ3n) is 3.11. The Balaban J connectivity index is 2.07. The van der Waals surface area contributed by atoms with Crippen LogP contribution in [0.5, 0.6) is 0 Å². The maximum Gasteiger partial charge on any atom is 0.0477 e. The summed E-state index contributed by atoms with van der Waals surface area (Å²) >= 11 is 1.73. The topological polar surface area (TPSA) is 23.5 Å². The first-order chi connectivity index (χ1) is 7.35. The number of aliphatic hydroxyl groups excluding tert-OH is 1. The predicted molar refractivity (Wildman–Crippen MR) is 64.3 cm³/mol. The van der Waals surface area contributed by atoms with E-state index in [4.69, 9.17) is 0 Å². The van der Waals surface area contributed by atoms with Crippen LogP contribution in [0.1, 0.15) is 11.5 Å². The minimum absolute atomic E-state index is 0.286. The molecule has 0 spiro atoms. The number of thiophene rings is 1. The SMILES string of the molecule is C=CCN1CC(CO)C(c2ccsc2)C1. The number of rotatable bonds is 4. The summed E-state index contributed by atoms with van der Waals surface area (Å²) in [7, 11) is 0. The van der Waals surface area contributed by atoms with E-state index in [9.17, 15) is 5.11 Å². The second-order valence-electron chi connectivity index (χ2n) is 4.11. The van der Waals surface area contributed by atoms with Gasteiger partial charge in [0.15, 0.2) is 0 Å². The maximum atomic E-state index is 9.37. The van der Waals surface area contributed by atoms with Crippen molar-refractivity contribution in [2.45, 2.75) is 5.92 Å². The van der Waals surface area contributed by atoms with E-state index >= 15 is 0 Å². The molecule has 2 nitrogen and oxygen atoms in total. The van der Waals surface area contributed by atoms with Crippen LogP contribution >= 0.6 is 11.3 Å². The lowest BCUT2D eigenvalue weighted by atomic mass is 9.92. The first kappa shape index (κ1) is 10.9. The van der Waals surface area contributed by atoms with Crippen LogP contribution in [0, 0.1) is 5.92 Å². The summed E-state index contributed by atoms with van der Waals surface area (Å²) in [5.74, 6) is 0.890. The third kappa shape index (κ3) is 2.30. The van der Waals surface area contributed by atoms with Crippen molar-refractivity contribution in [3.8, 4) is 0 Å². The van der Waals surface area contributed by atoms with Crippen LogP contribution in [0.3, 0.4) is 0 Å². The Hall–Kier alpha value is -0.640. The smallest absolute Gasteiger partial charge is 0.0477 e. The Morgan fingerprint density at radius 1 is 1.60 bits per heavy atom. The molecule has 82 valence electrons. The van der Waals surface area contributed by atoms with Gasteiger partial charge in [0.1, 0.15) is 0 Å². The molecule has 2 rings (SSSR count). The molecule has 2 atom stereocenters. The van der Waals surface area contributed by atoms with Gasteiger partial charge in [-0.15, -0.1) is 6.58 Å². The lowest BCUT2D eigenvalue weighted by molar-refractivity contribution is 0.217. The highest BCUT2D eigenvalue weighted by molar-refractivity contribution is 7.07. The number of hydrogen-bond acceptors (Lipinski definition) is 3. The van der Waals surface area contributed by atoms with Crippen molar-refractivity contribution in [1.82, 2.24) is 4.90 Å². The fraction of sp³-hybridized carbons (Fsp3) is 0.500. The molecule has 1 aromatic heterocycles. The van der Waals surface area contributed by atoms with Gasteiger partial charge in [-0.05, 0) is 22.4 Å². The van der Waals surface area contributed by atoms with E-state index in [-0.39, 0.29) is 6.61 Å². The van der Waals surface area contributed by atoms with Crippen LogP contribution in [0.2, 0.25) is 0 Å². The van der Waals surface area contributed by atoms with Crippen LogP contribution in [0.15, 0.2) is 29.5 Å². The van der Waals surface area contributed by atoms with Gasteiger partial charge in [0.2, 0.25) is 0 Å². The zero-order valence-corrected chi connectivity index (χ0v) is 9.62. The van der Waals surface area contributed by atoms with E-state index in [2.05, 4.69) is 28.3 Å². The van der Waals surface area contributed by atoms with Crippen LogP contribution in [-0.2, 0) is 0 Å². The molecule has 0 bridgehead atoms. The minimum Gasteiger partial charge on any atom is -0.396 e. The van der Waals surface area contributed by atoms with Crippen molar-refractivity contribution in [3.05, 3.63) is 35.0 Å². The summed E-state index contributed by atoms with van der Waals surface area (Å²) in [4.78, 5) is 2.36. The molecule has 0 radical (unpaired) electrons. The normalized spacial score (nSPS) is 27.0. The minimum atomic E-state index is 0.286. The molecule has 2 heterocycles. The molecular formula is C12H17NOS. The Morgan fingerprint density at radius 3 is 3.07 bits per heavy atom. The zero-order chi connectivity index (χ0) is 10.7. The summed E-state index contributed by atoms with van der Waals surface area (Å²) in [6.45, 7) is 7.01. The fourth-order valence-corrected chi connectivity index (χ4v) is 3.07. The third-order valence-corrected chi connectivity index (χ3v) is 3.81. The van der Waals surface area contributed by atoms with Gasteiger partial charge < -0.3 is 5.11 Å². The molecule has 1 aliphatic rings. The van der Waals surface area contributed by atoms with Crippen LogP contribution < -0.4 is 0 Å². The standard InChI is InChI=1S/C12H17NOS/c1-2-4-13-6-11(8-14)12(7-13)10-3-5-15-9-10/h2-3,5,9,11-12,14H,1,4,6-8H2. The molecule has 0 saturated carbocycles. The molecular weight excluding hydrogens is 206 g/mol. The molecule has 2 unspecified atom stereocenters. The van der Waals surface area contributed by atoms with E-state index in [0.717, 1.165) is 19.6 Å². The fourth-order valence-electron chi connectivity index (χ4n) is 2.34. The van der Waals surface area contributed by atoms with Gasteiger partial charge in [-0.2, -0.15) is 11.3 Å². The van der Waals surface area contributed by atoms with Gasteiger partial charge in [0, 0.05) is 38.1 Å². The highest BCUT2D eigenvalue weighted by atomic mass is 32.1. The molecule has 3 heteroatoms. The number of nitrogens with zero attached hydrogens (tertiary/aromatic N) is 1. The summed E-state index contributed by atoms with van der Waals surface area (Å²) in [5, 5.41) is 13.7. The van der Waals surface area contributed by atoms with Crippen LogP contribution in [0.4, 0.5) is 0 Å². The zero-order valence-electron chi connectivity index (χ0n) is 8.80. The molecule has 0 aliphatic carbocycles. The largest absolute Gasteiger partial charge is 0.396 e. The summed E-state index contributed by atoms with van der Waals surface area (Å²) < 4.78 is 0. The highest BCUT2D eigenvalue weighted by Crippen LogP contribution is 2.33. The predicted octanol–water partition coefficient (Wildman–Crippen LogP) is 1.94. The van der Waals surface area contributed by atoms with E-state index in [1.165, 1.54) is 5.56 Å². The second-order valence-corrected chi connectivity index (χ2v) is 4.89. The molecule has 0 aromatic carbocycles. The quantitative estimate of drug-likeness (QED) is 0.789. The molecule has 15 heavy (non-hydrogen) atoms. The lowest BCUT2D eigenvalue weighted by Gasteiger charge is -2.14. The highest BCUT2D eigenvalue weighted by Gasteiger charge is 2.32. The van der Waals surface area contributed by atoms with Crippen LogP contribution in [0.25, 0.3) is 0 Å². The molecule has 1 aliphatic heterocycles. The monoisotopic (exact) mass is 223 g/mol. The first-order valence-electron chi connectivity index (χ1n) is 5.31. The van der Waals surface area contributed by atoms with Crippen molar-refractivity contribution in [2.75, 3.05) is 26.2 Å². The molecule has 1 aromatic rings. The number of aliphatic hydroxyl groups is 1. The average Bonchev–Trinajstić information content (AvgIpc) is 2.84. The van der Waals surface area contributed by atoms with Gasteiger partial charge in [-0.1, -0.05) is 6.08 Å². The molecule has 1 fully saturated rings. The van der Waals surface area contributed by atoms with E-state index in [0.29, 0.717) is 11.8 Å². The molecule has 1 N–H and O–H groups in total. The Kier molecular flexibility index (Phi) is 3.57. The van der Waals surface area contributed by atoms with Crippen molar-refractivity contribution in [3.63, 3.8) is 0 Å². The van der Waals surface area contributed by atoms with Crippen molar-refractivity contribution in [2.24, 2.45) is 5.92 Å². The van der Waals surface area contributed by atoms with Gasteiger partial charge in [-0.3, -0.25) is 4.90 Å². The first-order valence-corrected chi connectivity index (χ1v) is 6.25. The molecule has 1 saturated heterocycles. The second kappa shape index (κ2) is 4.92. The van der Waals surface area contributed by atoms with Gasteiger partial charge in [0.05, 0.1) is 0 Å². The number of likely N-dealkylation sites (tertiary alicyclic amines) is 1. The van der Waals surface area contributed by atoms with Crippen molar-refractivity contribution in [1.29, 1.82) is 0 Å². The summed E-state index contributed by atoms with van der Waals surface area (Å²) in [6, 6.07) is 2.18. The lowest BCUT2D eigenvalue weighted by Crippen LogP contribution is -2.21. The number of hydrogen-bond donors (Lipinski definition) is 1. The van der Waals surface area contributed by atoms with Crippen molar-refractivity contribution >= 4 is 11.3 Å². The molecule has 0 amide bonds. The Labute approximate surface area is 94.8 Å². The Bertz CT molecular complexity index is 309. The van der Waals surface area contributed by atoms with Crippen molar-refractivity contribution < 1.29 is 5.11 Å².